The summed E-state index contributed by atoms with van der Waals surface area (Å²) in [5.74, 6) is 0.501. The highest BCUT2D eigenvalue weighted by atomic mass is 127. The summed E-state index contributed by atoms with van der Waals surface area (Å²) in [6, 6.07) is 18.1. The van der Waals surface area contributed by atoms with Gasteiger partial charge >= 0.3 is 0 Å². The first kappa shape index (κ1) is 17.0. The quantitative estimate of drug-likeness (QED) is 0.574. The Morgan fingerprint density at radius 1 is 1.00 bits per heavy atom. The lowest BCUT2D eigenvalue weighted by Gasteiger charge is -2.20. The molecule has 1 N–H and O–H groups in total. The topological polar surface area (TPSA) is 12.0 Å². The molecule has 2 rings (SSSR count). The van der Waals surface area contributed by atoms with Crippen molar-refractivity contribution in [3.05, 3.63) is 67.7 Å². The zero-order valence-electron chi connectivity index (χ0n) is 12.4. The van der Waals surface area contributed by atoms with Crippen molar-refractivity contribution >= 4 is 38.5 Å². The van der Waals surface area contributed by atoms with Crippen LogP contribution >= 0.6 is 38.5 Å². The zero-order valence-corrected chi connectivity index (χ0v) is 16.2. The van der Waals surface area contributed by atoms with E-state index < -0.39 is 0 Å². The molecule has 3 heteroatoms. The van der Waals surface area contributed by atoms with Crippen molar-refractivity contribution in [1.29, 1.82) is 0 Å². The van der Waals surface area contributed by atoms with Crippen LogP contribution in [0.5, 0.6) is 0 Å². The van der Waals surface area contributed by atoms with Crippen LogP contribution < -0.4 is 5.32 Å². The second-order valence-electron chi connectivity index (χ2n) is 5.64. The normalized spacial score (nSPS) is 12.6. The van der Waals surface area contributed by atoms with Crippen molar-refractivity contribution in [3.8, 4) is 0 Å². The van der Waals surface area contributed by atoms with E-state index in [0.29, 0.717) is 12.0 Å². The van der Waals surface area contributed by atoms with Gasteiger partial charge in [0, 0.05) is 26.5 Å². The number of benzene rings is 2. The van der Waals surface area contributed by atoms with Gasteiger partial charge in [-0.2, -0.15) is 0 Å². The van der Waals surface area contributed by atoms with Crippen LogP contribution in [0, 0.1) is 3.57 Å². The van der Waals surface area contributed by atoms with Crippen molar-refractivity contribution in [3.63, 3.8) is 0 Å². The molecule has 0 heterocycles. The summed E-state index contributed by atoms with van der Waals surface area (Å²) in [5.41, 5.74) is 2.79. The minimum Gasteiger partial charge on any atom is -0.314 e. The predicted octanol–water partition coefficient (Wildman–Crippen LogP) is 5.38. The van der Waals surface area contributed by atoms with E-state index in [-0.39, 0.29) is 0 Å². The van der Waals surface area contributed by atoms with Crippen LogP contribution in [0.4, 0.5) is 0 Å². The molecule has 1 unspecified atom stereocenters. The molecule has 0 aliphatic heterocycles. The molecule has 2 aromatic carbocycles. The second-order valence-corrected chi connectivity index (χ2v) is 7.80. The lowest BCUT2D eigenvalue weighted by Crippen LogP contribution is -2.28. The number of rotatable bonds is 6. The van der Waals surface area contributed by atoms with E-state index in [1.165, 1.54) is 14.7 Å². The van der Waals surface area contributed by atoms with Crippen LogP contribution in [0.2, 0.25) is 0 Å². The fraction of sp³-hybridized carbons (Fsp3) is 0.333. The minimum atomic E-state index is 0.501. The highest BCUT2D eigenvalue weighted by molar-refractivity contribution is 14.1. The average molecular weight is 458 g/mol. The lowest BCUT2D eigenvalue weighted by atomic mass is 9.92. The van der Waals surface area contributed by atoms with Gasteiger partial charge in [-0.05, 0) is 64.4 Å². The smallest absolute Gasteiger partial charge is 0.0175 e. The maximum atomic E-state index is 3.58. The summed E-state index contributed by atoms with van der Waals surface area (Å²) in [6.45, 7) is 5.40. The van der Waals surface area contributed by atoms with Crippen LogP contribution in [0.25, 0.3) is 0 Å². The van der Waals surface area contributed by atoms with E-state index in [4.69, 9.17) is 0 Å². The van der Waals surface area contributed by atoms with Gasteiger partial charge in [0.25, 0.3) is 0 Å². The molecule has 0 amide bonds. The molecule has 0 aliphatic carbocycles. The number of nitrogens with one attached hydrogen (secondary N) is 1. The summed E-state index contributed by atoms with van der Waals surface area (Å²) >= 11 is 5.87. The van der Waals surface area contributed by atoms with Crippen molar-refractivity contribution < 1.29 is 0 Å². The van der Waals surface area contributed by atoms with E-state index >= 15 is 0 Å². The Bertz CT molecular complexity index is 548. The van der Waals surface area contributed by atoms with Gasteiger partial charge in [0.2, 0.25) is 0 Å². The lowest BCUT2D eigenvalue weighted by molar-refractivity contribution is 0.527. The molecule has 1 nitrogen and oxygen atoms in total. The largest absolute Gasteiger partial charge is 0.314 e. The zero-order chi connectivity index (χ0) is 15.2. The van der Waals surface area contributed by atoms with Gasteiger partial charge in [-0.3, -0.25) is 0 Å². The van der Waals surface area contributed by atoms with Gasteiger partial charge in [0.15, 0.2) is 0 Å². The monoisotopic (exact) mass is 457 g/mol. The Balaban J connectivity index is 2.14. The maximum absolute atomic E-state index is 3.58. The molecule has 0 saturated heterocycles. The summed E-state index contributed by atoms with van der Waals surface area (Å²) in [6.07, 6.45) is 1.07. The summed E-state index contributed by atoms with van der Waals surface area (Å²) in [7, 11) is 0. The van der Waals surface area contributed by atoms with Crippen molar-refractivity contribution in [2.75, 3.05) is 6.54 Å². The first-order chi connectivity index (χ1) is 10.0. The van der Waals surface area contributed by atoms with Gasteiger partial charge in [0.1, 0.15) is 0 Å². The summed E-state index contributed by atoms with van der Waals surface area (Å²) in [5, 5.41) is 3.58. The molecule has 0 aliphatic rings. The Morgan fingerprint density at radius 2 is 1.62 bits per heavy atom. The Morgan fingerprint density at radius 3 is 2.19 bits per heavy atom. The van der Waals surface area contributed by atoms with E-state index in [0.717, 1.165) is 17.4 Å². The fourth-order valence-electron chi connectivity index (χ4n) is 2.33. The van der Waals surface area contributed by atoms with Gasteiger partial charge in [0.05, 0.1) is 0 Å². The molecule has 1 atom stereocenters. The Hall–Kier alpha value is -0.390. The number of halogens is 2. The van der Waals surface area contributed by atoms with E-state index in [1.807, 2.05) is 0 Å². The van der Waals surface area contributed by atoms with Crippen LogP contribution in [0.15, 0.2) is 53.0 Å². The molecule has 0 fully saturated rings. The third kappa shape index (κ3) is 5.72. The molecular formula is C18H21BrIN. The Labute approximate surface area is 149 Å². The second kappa shape index (κ2) is 8.30. The fourth-order valence-corrected chi connectivity index (χ4v) is 2.95. The summed E-state index contributed by atoms with van der Waals surface area (Å²) in [4.78, 5) is 0. The van der Waals surface area contributed by atoms with Gasteiger partial charge in [-0.1, -0.05) is 54.0 Å². The van der Waals surface area contributed by atoms with Crippen LogP contribution in [-0.2, 0) is 6.42 Å². The average Bonchev–Trinajstić information content (AvgIpc) is 2.46. The third-order valence-electron chi connectivity index (χ3n) is 3.51. The molecule has 112 valence electrons. The van der Waals surface area contributed by atoms with Gasteiger partial charge in [-0.15, -0.1) is 0 Å². The van der Waals surface area contributed by atoms with Crippen molar-refractivity contribution in [1.82, 2.24) is 5.32 Å². The third-order valence-corrected chi connectivity index (χ3v) is 4.76. The van der Waals surface area contributed by atoms with Crippen LogP contribution in [-0.4, -0.2) is 12.6 Å². The predicted molar refractivity (Wildman–Crippen MR) is 103 cm³/mol. The molecule has 21 heavy (non-hydrogen) atoms. The highest BCUT2D eigenvalue weighted by Gasteiger charge is 2.13. The highest BCUT2D eigenvalue weighted by Crippen LogP contribution is 2.23. The molecular weight excluding hydrogens is 437 g/mol. The molecule has 0 bridgehead atoms. The minimum absolute atomic E-state index is 0.501. The number of hydrogen-bond donors (Lipinski definition) is 1. The number of hydrogen-bond acceptors (Lipinski definition) is 1. The van der Waals surface area contributed by atoms with E-state index in [2.05, 4.69) is 106 Å². The Kier molecular flexibility index (Phi) is 6.71. The molecule has 0 saturated carbocycles. The summed E-state index contributed by atoms with van der Waals surface area (Å²) < 4.78 is 2.42. The van der Waals surface area contributed by atoms with Gasteiger partial charge < -0.3 is 5.32 Å². The SMILES string of the molecule is CC(C)NCC(Cc1ccc(I)cc1)c1ccc(Br)cc1. The molecule has 0 radical (unpaired) electrons. The van der Waals surface area contributed by atoms with Crippen LogP contribution in [0.1, 0.15) is 30.9 Å². The molecule has 0 spiro atoms. The first-order valence-electron chi connectivity index (χ1n) is 7.28. The standard InChI is InChI=1S/C18H21BrIN/c1-13(2)21-12-16(15-5-7-17(19)8-6-15)11-14-3-9-18(20)10-4-14/h3-10,13,16,21H,11-12H2,1-2H3. The van der Waals surface area contributed by atoms with Crippen molar-refractivity contribution in [2.24, 2.45) is 0 Å². The van der Waals surface area contributed by atoms with Crippen molar-refractivity contribution in [2.45, 2.75) is 32.2 Å². The molecule has 0 aromatic heterocycles. The van der Waals surface area contributed by atoms with E-state index in [1.54, 1.807) is 0 Å². The maximum Gasteiger partial charge on any atom is 0.0175 e. The van der Waals surface area contributed by atoms with E-state index in [9.17, 15) is 0 Å². The van der Waals surface area contributed by atoms with Crippen LogP contribution in [0.3, 0.4) is 0 Å². The first-order valence-corrected chi connectivity index (χ1v) is 9.15. The van der Waals surface area contributed by atoms with Gasteiger partial charge in [-0.25, -0.2) is 0 Å². The molecule has 2 aromatic rings.